The first-order chi connectivity index (χ1) is 13.2. The molecular formula is C20H27N5OS. The molecule has 3 aromatic rings. The van der Waals surface area contributed by atoms with Crippen LogP contribution in [0.25, 0.3) is 22.1 Å². The number of fused-ring (bicyclic) bond motifs is 3. The van der Waals surface area contributed by atoms with Gasteiger partial charge in [-0.25, -0.2) is 4.98 Å². The van der Waals surface area contributed by atoms with Crippen molar-refractivity contribution in [1.29, 1.82) is 0 Å². The van der Waals surface area contributed by atoms with Crippen molar-refractivity contribution in [1.82, 2.24) is 24.6 Å². The van der Waals surface area contributed by atoms with E-state index in [4.69, 9.17) is 9.72 Å². The van der Waals surface area contributed by atoms with Gasteiger partial charge in [-0.05, 0) is 31.9 Å². The summed E-state index contributed by atoms with van der Waals surface area (Å²) in [6.07, 6.45) is 1.07. The number of rotatable bonds is 6. The lowest BCUT2D eigenvalue weighted by Gasteiger charge is -2.26. The monoisotopic (exact) mass is 385 g/mol. The number of benzene rings is 1. The summed E-state index contributed by atoms with van der Waals surface area (Å²) in [6.45, 7) is 12.2. The van der Waals surface area contributed by atoms with Crippen molar-refractivity contribution in [2.75, 3.05) is 38.6 Å². The minimum Gasteiger partial charge on any atom is -0.379 e. The lowest BCUT2D eigenvalue weighted by atomic mass is 10.1. The van der Waals surface area contributed by atoms with E-state index in [2.05, 4.69) is 52.6 Å². The molecule has 0 saturated carbocycles. The van der Waals surface area contributed by atoms with Crippen LogP contribution in [-0.2, 0) is 11.3 Å². The summed E-state index contributed by atoms with van der Waals surface area (Å²) >= 11 is 1.69. The minimum atomic E-state index is 0.769. The van der Waals surface area contributed by atoms with E-state index in [1.54, 1.807) is 11.8 Å². The number of hydrogen-bond donors (Lipinski definition) is 0. The Balaban J connectivity index is 1.63. The smallest absolute Gasteiger partial charge is 0.211 e. The zero-order valence-electron chi connectivity index (χ0n) is 16.4. The number of thioether (sulfide) groups is 1. The van der Waals surface area contributed by atoms with Gasteiger partial charge in [0.1, 0.15) is 5.52 Å². The maximum absolute atomic E-state index is 5.41. The molecule has 0 unspecified atom stereocenters. The molecule has 27 heavy (non-hydrogen) atoms. The van der Waals surface area contributed by atoms with Crippen LogP contribution in [-0.4, -0.2) is 63.2 Å². The summed E-state index contributed by atoms with van der Waals surface area (Å²) in [7, 11) is 0. The van der Waals surface area contributed by atoms with Crippen molar-refractivity contribution in [3.05, 3.63) is 23.3 Å². The molecule has 0 aliphatic carbocycles. The molecule has 144 valence electrons. The quantitative estimate of drug-likeness (QED) is 0.606. The molecule has 0 bridgehead atoms. The van der Waals surface area contributed by atoms with Gasteiger partial charge >= 0.3 is 0 Å². The van der Waals surface area contributed by atoms with Gasteiger partial charge in [-0.3, -0.25) is 4.90 Å². The molecule has 0 radical (unpaired) electrons. The molecule has 6 nitrogen and oxygen atoms in total. The molecule has 1 aromatic carbocycles. The van der Waals surface area contributed by atoms with Gasteiger partial charge < -0.3 is 9.30 Å². The average Bonchev–Trinajstić information content (AvgIpc) is 2.96. The van der Waals surface area contributed by atoms with Gasteiger partial charge in [0, 0.05) is 37.3 Å². The second-order valence-electron chi connectivity index (χ2n) is 7.20. The minimum absolute atomic E-state index is 0.769. The number of ether oxygens (including phenoxy) is 1. The van der Waals surface area contributed by atoms with E-state index in [-0.39, 0.29) is 0 Å². The third kappa shape index (κ3) is 3.81. The van der Waals surface area contributed by atoms with Crippen LogP contribution in [0.3, 0.4) is 0 Å². The zero-order chi connectivity index (χ0) is 18.8. The summed E-state index contributed by atoms with van der Waals surface area (Å²) in [5.74, 6) is 0.972. The first-order valence-corrected chi connectivity index (χ1v) is 10.7. The van der Waals surface area contributed by atoms with Crippen LogP contribution in [0, 0.1) is 13.8 Å². The Morgan fingerprint density at radius 2 is 1.93 bits per heavy atom. The summed E-state index contributed by atoms with van der Waals surface area (Å²) < 4.78 is 7.73. The van der Waals surface area contributed by atoms with E-state index < -0.39 is 0 Å². The first-order valence-electron chi connectivity index (χ1n) is 9.74. The summed E-state index contributed by atoms with van der Waals surface area (Å²) in [5.41, 5.74) is 5.66. The fourth-order valence-electron chi connectivity index (χ4n) is 3.86. The Hall–Kier alpha value is -1.70. The van der Waals surface area contributed by atoms with Gasteiger partial charge in [-0.15, -0.1) is 10.2 Å². The fourth-order valence-corrected chi connectivity index (χ4v) is 4.65. The Bertz CT molecular complexity index is 949. The van der Waals surface area contributed by atoms with Gasteiger partial charge in [0.05, 0.1) is 18.7 Å². The Morgan fingerprint density at radius 1 is 1.11 bits per heavy atom. The molecule has 3 heterocycles. The Morgan fingerprint density at radius 3 is 2.70 bits per heavy atom. The summed E-state index contributed by atoms with van der Waals surface area (Å²) in [5, 5.41) is 10.9. The van der Waals surface area contributed by atoms with Crippen LogP contribution in [0.2, 0.25) is 0 Å². The molecular weight excluding hydrogens is 358 g/mol. The summed E-state index contributed by atoms with van der Waals surface area (Å²) in [6, 6.07) is 4.44. The maximum atomic E-state index is 5.41. The number of nitrogens with zero attached hydrogens (tertiary/aromatic N) is 5. The third-order valence-electron chi connectivity index (χ3n) is 5.06. The van der Waals surface area contributed by atoms with E-state index in [1.807, 2.05) is 0 Å². The molecule has 1 fully saturated rings. The van der Waals surface area contributed by atoms with E-state index in [0.29, 0.717) is 0 Å². The Kier molecular flexibility index (Phi) is 5.61. The van der Waals surface area contributed by atoms with Crippen LogP contribution in [0.4, 0.5) is 0 Å². The molecule has 1 aliphatic rings. The highest BCUT2D eigenvalue weighted by atomic mass is 32.2. The molecule has 1 aliphatic heterocycles. The number of hydrogen-bond acceptors (Lipinski definition) is 6. The van der Waals surface area contributed by atoms with Crippen LogP contribution in [0.1, 0.15) is 24.5 Å². The van der Waals surface area contributed by atoms with Gasteiger partial charge in [-0.1, -0.05) is 30.3 Å². The van der Waals surface area contributed by atoms with Gasteiger partial charge in [-0.2, -0.15) is 0 Å². The van der Waals surface area contributed by atoms with Crippen molar-refractivity contribution in [3.8, 4) is 0 Å². The van der Waals surface area contributed by atoms with Gasteiger partial charge in [0.25, 0.3) is 0 Å². The maximum Gasteiger partial charge on any atom is 0.211 e. The third-order valence-corrected chi connectivity index (χ3v) is 5.88. The standard InChI is InChI=1S/C20H27N5OS/c1-4-5-25-18-15(3)12-14(2)13-16(18)17-19(25)21-20(23-22-17)27-11-8-24-6-9-26-10-7-24/h12-13H,4-11H2,1-3H3. The van der Waals surface area contributed by atoms with E-state index in [1.165, 1.54) is 22.0 Å². The van der Waals surface area contributed by atoms with Crippen molar-refractivity contribution < 1.29 is 4.74 Å². The van der Waals surface area contributed by atoms with Crippen molar-refractivity contribution in [2.45, 2.75) is 38.9 Å². The predicted molar refractivity (Wildman–Crippen MR) is 111 cm³/mol. The molecule has 0 atom stereocenters. The van der Waals surface area contributed by atoms with Crippen molar-refractivity contribution in [2.24, 2.45) is 0 Å². The average molecular weight is 386 g/mol. The van der Waals surface area contributed by atoms with Crippen molar-refractivity contribution in [3.63, 3.8) is 0 Å². The number of aromatic nitrogens is 4. The zero-order valence-corrected chi connectivity index (χ0v) is 17.2. The second kappa shape index (κ2) is 8.12. The van der Waals surface area contributed by atoms with Gasteiger partial charge in [0.15, 0.2) is 5.65 Å². The van der Waals surface area contributed by atoms with E-state index in [0.717, 1.165) is 67.9 Å². The SMILES string of the molecule is CCCn1c2nc(SCCN3CCOCC3)nnc2c2cc(C)cc(C)c21. The topological polar surface area (TPSA) is 56.1 Å². The van der Waals surface area contributed by atoms with Crippen LogP contribution < -0.4 is 0 Å². The lowest BCUT2D eigenvalue weighted by Crippen LogP contribution is -2.37. The first kappa shape index (κ1) is 18.7. The highest BCUT2D eigenvalue weighted by Crippen LogP contribution is 2.30. The summed E-state index contributed by atoms with van der Waals surface area (Å²) in [4.78, 5) is 7.33. The molecule has 4 rings (SSSR count). The molecule has 0 amide bonds. The number of aryl methyl sites for hydroxylation is 3. The largest absolute Gasteiger partial charge is 0.379 e. The second-order valence-corrected chi connectivity index (χ2v) is 8.26. The van der Waals surface area contributed by atoms with Crippen LogP contribution >= 0.6 is 11.8 Å². The van der Waals surface area contributed by atoms with E-state index in [9.17, 15) is 0 Å². The molecule has 0 N–H and O–H groups in total. The Labute approximate surface area is 164 Å². The molecule has 2 aromatic heterocycles. The van der Waals surface area contributed by atoms with Crippen LogP contribution in [0.15, 0.2) is 17.3 Å². The molecule has 7 heteroatoms. The van der Waals surface area contributed by atoms with E-state index >= 15 is 0 Å². The van der Waals surface area contributed by atoms with Crippen molar-refractivity contribution >= 4 is 33.8 Å². The highest BCUT2D eigenvalue weighted by Gasteiger charge is 2.17. The predicted octanol–water partition coefficient (Wildman–Crippen LogP) is 3.43. The number of morpholine rings is 1. The van der Waals surface area contributed by atoms with Gasteiger partial charge in [0.2, 0.25) is 5.16 Å². The van der Waals surface area contributed by atoms with Crippen LogP contribution in [0.5, 0.6) is 0 Å². The lowest BCUT2D eigenvalue weighted by molar-refractivity contribution is 0.0410. The fraction of sp³-hybridized carbons (Fsp3) is 0.550. The molecule has 0 spiro atoms. The molecule has 1 saturated heterocycles. The highest BCUT2D eigenvalue weighted by molar-refractivity contribution is 7.99. The normalized spacial score (nSPS) is 15.8.